The topological polar surface area (TPSA) is 93.3 Å². The summed E-state index contributed by atoms with van der Waals surface area (Å²) in [5, 5.41) is 11.7. The summed E-state index contributed by atoms with van der Waals surface area (Å²) < 4.78 is 0. The van der Waals surface area contributed by atoms with Gasteiger partial charge >= 0.3 is 0 Å². The predicted octanol–water partition coefficient (Wildman–Crippen LogP) is 2.11. The van der Waals surface area contributed by atoms with Gasteiger partial charge in [0.1, 0.15) is 11.6 Å². The monoisotopic (exact) mass is 430 g/mol. The van der Waals surface area contributed by atoms with E-state index in [1.165, 1.54) is 0 Å². The zero-order valence-electron chi connectivity index (χ0n) is 17.9. The lowest BCUT2D eigenvalue weighted by Gasteiger charge is -2.33. The van der Waals surface area contributed by atoms with E-state index >= 15 is 0 Å². The van der Waals surface area contributed by atoms with E-state index in [9.17, 15) is 4.79 Å². The van der Waals surface area contributed by atoms with Crippen molar-refractivity contribution in [2.75, 3.05) is 56.5 Å². The van der Waals surface area contributed by atoms with Crippen molar-refractivity contribution in [1.82, 2.24) is 30.0 Å². The van der Waals surface area contributed by atoms with Crippen molar-refractivity contribution in [3.05, 3.63) is 17.8 Å². The van der Waals surface area contributed by atoms with Gasteiger partial charge < -0.3 is 20.0 Å². The van der Waals surface area contributed by atoms with E-state index in [1.807, 2.05) is 24.0 Å². The Morgan fingerprint density at radius 3 is 2.47 bits per heavy atom. The summed E-state index contributed by atoms with van der Waals surface area (Å²) in [4.78, 5) is 27.8. The average Bonchev–Trinajstić information content (AvgIpc) is 3.13. The number of H-pyrrole nitrogens is 1. The molecule has 0 unspecified atom stereocenters. The third kappa shape index (κ3) is 5.23. The summed E-state index contributed by atoms with van der Waals surface area (Å²) in [5.74, 6) is 2.62. The molecule has 0 aromatic carbocycles. The number of carbonyl (C=O) groups is 1. The first-order valence-corrected chi connectivity index (χ1v) is 11.4. The Kier molecular flexibility index (Phi) is 6.43. The number of piperazine rings is 1. The molecule has 162 valence electrons. The first kappa shape index (κ1) is 20.9. The van der Waals surface area contributed by atoms with Gasteiger partial charge in [0.25, 0.3) is 0 Å². The first-order chi connectivity index (χ1) is 14.5. The van der Waals surface area contributed by atoms with Crippen LogP contribution in [0.1, 0.15) is 25.5 Å². The van der Waals surface area contributed by atoms with E-state index < -0.39 is 0 Å². The van der Waals surface area contributed by atoms with Crippen molar-refractivity contribution in [2.45, 2.75) is 37.1 Å². The molecule has 0 spiro atoms. The first-order valence-electron chi connectivity index (χ1n) is 10.5. The summed E-state index contributed by atoms with van der Waals surface area (Å²) in [6.07, 6.45) is 1.93. The highest BCUT2D eigenvalue weighted by Crippen LogP contribution is 2.31. The average molecular weight is 431 g/mol. The van der Waals surface area contributed by atoms with Crippen LogP contribution in [0.2, 0.25) is 0 Å². The Balaban J connectivity index is 1.51. The van der Waals surface area contributed by atoms with Gasteiger partial charge in [-0.1, -0.05) is 11.8 Å². The fraction of sp³-hybridized carbons (Fsp3) is 0.600. The number of likely N-dealkylation sites (tertiary alicyclic amines) is 1. The maximum atomic E-state index is 11.6. The second-order valence-corrected chi connectivity index (χ2v) is 9.34. The largest absolute Gasteiger partial charge is 0.354 e. The van der Waals surface area contributed by atoms with Gasteiger partial charge in [-0.3, -0.25) is 9.89 Å². The number of nitrogens with one attached hydrogen (secondary N) is 2. The third-order valence-corrected chi connectivity index (χ3v) is 6.84. The molecule has 4 heterocycles. The molecule has 2 aromatic heterocycles. The number of nitrogens with zero attached hydrogens (tertiary/aromatic N) is 6. The van der Waals surface area contributed by atoms with Crippen LogP contribution in [0.4, 0.5) is 17.5 Å². The summed E-state index contributed by atoms with van der Waals surface area (Å²) in [5.41, 5.74) is 0.998. The molecule has 0 aliphatic carbocycles. The molecule has 0 saturated carbocycles. The van der Waals surface area contributed by atoms with Crippen LogP contribution in [-0.4, -0.2) is 87.4 Å². The van der Waals surface area contributed by atoms with Crippen molar-refractivity contribution in [3.63, 3.8) is 0 Å². The van der Waals surface area contributed by atoms with E-state index in [0.717, 1.165) is 80.4 Å². The molecule has 9 nitrogen and oxygen atoms in total. The number of anilines is 3. The van der Waals surface area contributed by atoms with Gasteiger partial charge in [-0.2, -0.15) is 5.10 Å². The van der Waals surface area contributed by atoms with Crippen LogP contribution in [0, 0.1) is 6.92 Å². The van der Waals surface area contributed by atoms with Crippen LogP contribution < -0.4 is 10.2 Å². The lowest BCUT2D eigenvalue weighted by Crippen LogP contribution is -2.44. The van der Waals surface area contributed by atoms with Gasteiger partial charge in [0.2, 0.25) is 5.91 Å². The number of thioether (sulfide) groups is 1. The van der Waals surface area contributed by atoms with Gasteiger partial charge in [0, 0.05) is 69.3 Å². The minimum atomic E-state index is 0.160. The summed E-state index contributed by atoms with van der Waals surface area (Å²) in [6, 6.07) is 3.97. The minimum absolute atomic E-state index is 0.160. The molecule has 10 heteroatoms. The molecule has 2 N–H and O–H groups in total. The second kappa shape index (κ2) is 9.22. The molecular formula is C20H30N8OS. The van der Waals surface area contributed by atoms with E-state index in [-0.39, 0.29) is 5.91 Å². The molecule has 2 aromatic rings. The Bertz CT molecular complexity index is 871. The molecule has 2 aliphatic heterocycles. The molecule has 2 fully saturated rings. The number of hydrogen-bond acceptors (Lipinski definition) is 8. The van der Waals surface area contributed by atoms with Gasteiger partial charge in [-0.15, -0.1) is 0 Å². The van der Waals surface area contributed by atoms with Gasteiger partial charge in [-0.05, 0) is 26.8 Å². The molecule has 2 saturated heterocycles. The number of piperidine rings is 1. The number of aromatic amines is 1. The number of likely N-dealkylation sites (N-methyl/N-ethyl adjacent to an activating group) is 1. The van der Waals surface area contributed by atoms with Crippen molar-refractivity contribution in [3.8, 4) is 0 Å². The SMILES string of the molecule is CC(=O)N1CCC(Sc2nc(Nc3cc(C)[nH]n3)cc(N3CCN(C)CC3)n2)CC1. The number of aryl methyl sites for hydroxylation is 1. The standard InChI is InChI=1S/C20H30N8OS/c1-14-12-18(25-24-14)21-17-13-19(28-10-8-26(3)9-11-28)23-20(22-17)30-16-4-6-27(7-5-16)15(2)29/h12-13,16H,4-11H2,1-3H3,(H2,21,22,23,24,25). The van der Waals surface area contributed by atoms with Gasteiger partial charge in [0.05, 0.1) is 0 Å². The van der Waals surface area contributed by atoms with Crippen LogP contribution in [0.3, 0.4) is 0 Å². The maximum absolute atomic E-state index is 11.6. The smallest absolute Gasteiger partial charge is 0.219 e. The Hall–Kier alpha value is -2.33. The molecule has 1 amide bonds. The van der Waals surface area contributed by atoms with Crippen molar-refractivity contribution >= 4 is 35.1 Å². The minimum Gasteiger partial charge on any atom is -0.354 e. The maximum Gasteiger partial charge on any atom is 0.219 e. The number of rotatable bonds is 5. The van der Waals surface area contributed by atoms with Crippen LogP contribution >= 0.6 is 11.8 Å². The molecule has 0 bridgehead atoms. The predicted molar refractivity (Wildman–Crippen MR) is 119 cm³/mol. The van der Waals surface area contributed by atoms with E-state index in [0.29, 0.717) is 5.25 Å². The molecule has 30 heavy (non-hydrogen) atoms. The van der Waals surface area contributed by atoms with Crippen LogP contribution in [-0.2, 0) is 4.79 Å². The van der Waals surface area contributed by atoms with E-state index in [4.69, 9.17) is 9.97 Å². The summed E-state index contributed by atoms with van der Waals surface area (Å²) in [6.45, 7) is 9.19. The molecule has 0 atom stereocenters. The second-order valence-electron chi connectivity index (χ2n) is 8.07. The molecule has 0 radical (unpaired) electrons. The third-order valence-electron chi connectivity index (χ3n) is 5.64. The zero-order valence-corrected chi connectivity index (χ0v) is 18.7. The summed E-state index contributed by atoms with van der Waals surface area (Å²) >= 11 is 1.72. The van der Waals surface area contributed by atoms with Crippen molar-refractivity contribution < 1.29 is 4.79 Å². The van der Waals surface area contributed by atoms with E-state index in [2.05, 4.69) is 32.4 Å². The Morgan fingerprint density at radius 1 is 1.10 bits per heavy atom. The number of carbonyl (C=O) groups excluding carboxylic acids is 1. The lowest BCUT2D eigenvalue weighted by atomic mass is 10.1. The Morgan fingerprint density at radius 2 is 1.83 bits per heavy atom. The van der Waals surface area contributed by atoms with Crippen LogP contribution in [0.5, 0.6) is 0 Å². The van der Waals surface area contributed by atoms with E-state index in [1.54, 1.807) is 18.7 Å². The zero-order chi connectivity index (χ0) is 21.1. The molecule has 4 rings (SSSR count). The fourth-order valence-electron chi connectivity index (χ4n) is 3.78. The normalized spacial score (nSPS) is 18.6. The molecule has 2 aliphatic rings. The number of aromatic nitrogens is 4. The molecular weight excluding hydrogens is 400 g/mol. The highest BCUT2D eigenvalue weighted by atomic mass is 32.2. The number of amides is 1. The highest BCUT2D eigenvalue weighted by molar-refractivity contribution is 7.99. The van der Waals surface area contributed by atoms with Gasteiger partial charge in [0.15, 0.2) is 11.0 Å². The van der Waals surface area contributed by atoms with Crippen LogP contribution in [0.15, 0.2) is 17.3 Å². The van der Waals surface area contributed by atoms with Crippen LogP contribution in [0.25, 0.3) is 0 Å². The van der Waals surface area contributed by atoms with Crippen molar-refractivity contribution in [1.29, 1.82) is 0 Å². The Labute approximate surface area is 181 Å². The summed E-state index contributed by atoms with van der Waals surface area (Å²) in [7, 11) is 2.15. The quantitative estimate of drug-likeness (QED) is 0.697. The number of hydrogen-bond donors (Lipinski definition) is 2. The highest BCUT2D eigenvalue weighted by Gasteiger charge is 2.24. The lowest BCUT2D eigenvalue weighted by molar-refractivity contribution is -0.129. The van der Waals surface area contributed by atoms with Crippen molar-refractivity contribution in [2.24, 2.45) is 0 Å². The fourth-order valence-corrected chi connectivity index (χ4v) is 4.82. The van der Waals surface area contributed by atoms with Gasteiger partial charge in [-0.25, -0.2) is 9.97 Å².